The molecule has 0 bridgehead atoms. The third kappa shape index (κ3) is 2.52. The molecule has 2 aromatic rings. The third-order valence-corrected chi connectivity index (χ3v) is 3.75. The molecule has 0 fully saturated rings. The molecule has 15 heavy (non-hydrogen) atoms. The molecule has 0 aliphatic rings. The van der Waals surface area contributed by atoms with Crippen LogP contribution in [0.2, 0.25) is 0 Å². The fourth-order valence-electron chi connectivity index (χ4n) is 1.38. The lowest BCUT2D eigenvalue weighted by Crippen LogP contribution is -1.93. The number of nitrogens with two attached hydrogens (primary N) is 1. The van der Waals surface area contributed by atoms with Gasteiger partial charge in [-0.05, 0) is 39.7 Å². The normalized spacial score (nSPS) is 10.5. The summed E-state index contributed by atoms with van der Waals surface area (Å²) in [6.07, 6.45) is 0.808. The summed E-state index contributed by atoms with van der Waals surface area (Å²) in [4.78, 5) is 1.25. The van der Waals surface area contributed by atoms with Crippen molar-refractivity contribution in [3.05, 3.63) is 44.6 Å². The van der Waals surface area contributed by atoms with Crippen molar-refractivity contribution in [2.75, 3.05) is 5.73 Å². The van der Waals surface area contributed by atoms with E-state index in [1.165, 1.54) is 4.88 Å². The minimum Gasteiger partial charge on any atom is -0.508 e. The molecule has 0 aliphatic carbocycles. The van der Waals surface area contributed by atoms with Crippen LogP contribution >= 0.6 is 27.3 Å². The van der Waals surface area contributed by atoms with Crippen molar-refractivity contribution in [2.45, 2.75) is 6.42 Å². The molecule has 0 atom stereocenters. The van der Waals surface area contributed by atoms with Crippen LogP contribution in [0.4, 0.5) is 5.69 Å². The third-order valence-electron chi connectivity index (χ3n) is 2.12. The Labute approximate surface area is 100 Å². The molecule has 1 aromatic carbocycles. The molecule has 1 heterocycles. The highest BCUT2D eigenvalue weighted by Crippen LogP contribution is 2.27. The van der Waals surface area contributed by atoms with E-state index >= 15 is 0 Å². The van der Waals surface area contributed by atoms with Gasteiger partial charge in [-0.3, -0.25) is 0 Å². The summed E-state index contributed by atoms with van der Waals surface area (Å²) in [6.45, 7) is 0. The van der Waals surface area contributed by atoms with E-state index < -0.39 is 0 Å². The lowest BCUT2D eigenvalue weighted by molar-refractivity contribution is 0.475. The van der Waals surface area contributed by atoms with Gasteiger partial charge < -0.3 is 10.8 Å². The smallest absolute Gasteiger partial charge is 0.117 e. The molecule has 0 aliphatic heterocycles. The highest BCUT2D eigenvalue weighted by Gasteiger charge is 2.03. The quantitative estimate of drug-likeness (QED) is 0.830. The van der Waals surface area contributed by atoms with E-state index in [2.05, 4.69) is 22.0 Å². The number of nitrogen functional groups attached to an aromatic ring is 1. The first-order chi connectivity index (χ1) is 7.15. The maximum Gasteiger partial charge on any atom is 0.117 e. The number of thiophene rings is 1. The van der Waals surface area contributed by atoms with Gasteiger partial charge in [-0.1, -0.05) is 6.07 Å². The lowest BCUT2D eigenvalue weighted by atomic mass is 10.1. The number of phenols is 1. The molecule has 0 saturated heterocycles. The van der Waals surface area contributed by atoms with Crippen LogP contribution in [-0.2, 0) is 6.42 Å². The van der Waals surface area contributed by atoms with Gasteiger partial charge in [0.1, 0.15) is 5.75 Å². The molecule has 0 radical (unpaired) electrons. The first-order valence-electron chi connectivity index (χ1n) is 4.47. The van der Waals surface area contributed by atoms with Gasteiger partial charge >= 0.3 is 0 Å². The molecule has 3 N–H and O–H groups in total. The zero-order chi connectivity index (χ0) is 10.8. The maximum atomic E-state index is 9.22. The summed E-state index contributed by atoms with van der Waals surface area (Å²) in [5.74, 6) is 0.212. The summed E-state index contributed by atoms with van der Waals surface area (Å²) >= 11 is 5.12. The van der Waals surface area contributed by atoms with Gasteiger partial charge in [0.2, 0.25) is 0 Å². The first-order valence-corrected chi connectivity index (χ1v) is 6.07. The molecular weight excluding hydrogens is 274 g/mol. The molecule has 0 spiro atoms. The Morgan fingerprint density at radius 1 is 1.27 bits per heavy atom. The minimum absolute atomic E-state index is 0.212. The van der Waals surface area contributed by atoms with E-state index in [-0.39, 0.29) is 5.75 Å². The van der Waals surface area contributed by atoms with E-state index in [9.17, 15) is 5.11 Å². The predicted molar refractivity (Wildman–Crippen MR) is 67.3 cm³/mol. The van der Waals surface area contributed by atoms with Gasteiger partial charge in [0.15, 0.2) is 0 Å². The minimum atomic E-state index is 0.212. The van der Waals surface area contributed by atoms with Crippen LogP contribution in [0.3, 0.4) is 0 Å². The molecule has 78 valence electrons. The molecule has 1 aromatic heterocycles. The molecule has 2 rings (SSSR count). The standard InChI is InChI=1S/C11H10BrNOS/c12-11-4-3-9(15-11)5-7-1-2-8(14)6-10(7)13/h1-4,6,14H,5,13H2. The Balaban J connectivity index is 2.24. The predicted octanol–water partition coefficient (Wildman–Crippen LogP) is 3.39. The molecule has 0 amide bonds. The summed E-state index contributed by atoms with van der Waals surface area (Å²) in [7, 11) is 0. The monoisotopic (exact) mass is 283 g/mol. The second-order valence-corrected chi connectivity index (χ2v) is 5.81. The van der Waals surface area contributed by atoms with Gasteiger partial charge in [-0.25, -0.2) is 0 Å². The fourth-order valence-corrected chi connectivity index (χ4v) is 2.88. The van der Waals surface area contributed by atoms with Crippen LogP contribution in [0, 0.1) is 0 Å². The number of hydrogen-bond acceptors (Lipinski definition) is 3. The first kappa shape index (κ1) is 10.5. The zero-order valence-corrected chi connectivity index (χ0v) is 10.3. The van der Waals surface area contributed by atoms with Crippen molar-refractivity contribution in [1.29, 1.82) is 0 Å². The number of hydrogen-bond donors (Lipinski definition) is 2. The van der Waals surface area contributed by atoms with E-state index in [0.717, 1.165) is 15.8 Å². The van der Waals surface area contributed by atoms with Crippen LogP contribution in [-0.4, -0.2) is 5.11 Å². The van der Waals surface area contributed by atoms with E-state index in [1.54, 1.807) is 23.5 Å². The number of halogens is 1. The van der Waals surface area contributed by atoms with Crippen molar-refractivity contribution in [3.8, 4) is 5.75 Å². The lowest BCUT2D eigenvalue weighted by Gasteiger charge is -2.04. The molecule has 0 unspecified atom stereocenters. The molecule has 0 saturated carbocycles. The second kappa shape index (κ2) is 4.24. The van der Waals surface area contributed by atoms with Crippen molar-refractivity contribution >= 4 is 33.0 Å². The van der Waals surface area contributed by atoms with Gasteiger partial charge in [-0.15, -0.1) is 11.3 Å². The Kier molecular flexibility index (Phi) is 2.98. The number of anilines is 1. The Morgan fingerprint density at radius 2 is 2.07 bits per heavy atom. The van der Waals surface area contributed by atoms with E-state index in [1.807, 2.05) is 12.1 Å². The van der Waals surface area contributed by atoms with Gasteiger partial charge in [-0.2, -0.15) is 0 Å². The van der Waals surface area contributed by atoms with E-state index in [0.29, 0.717) is 5.69 Å². The van der Waals surface area contributed by atoms with Crippen molar-refractivity contribution in [3.63, 3.8) is 0 Å². The van der Waals surface area contributed by atoms with Crippen LogP contribution in [0.15, 0.2) is 34.1 Å². The van der Waals surface area contributed by atoms with E-state index in [4.69, 9.17) is 5.73 Å². The van der Waals surface area contributed by atoms with Crippen LogP contribution in [0.25, 0.3) is 0 Å². The average Bonchev–Trinajstić information content (AvgIpc) is 2.56. The SMILES string of the molecule is Nc1cc(O)ccc1Cc1ccc(Br)s1. The van der Waals surface area contributed by atoms with Crippen LogP contribution < -0.4 is 5.73 Å². The number of benzene rings is 1. The summed E-state index contributed by atoms with van der Waals surface area (Å²) < 4.78 is 1.12. The molecule has 2 nitrogen and oxygen atoms in total. The van der Waals surface area contributed by atoms with Gasteiger partial charge in [0.05, 0.1) is 3.79 Å². The number of aromatic hydroxyl groups is 1. The van der Waals surface area contributed by atoms with Gasteiger partial charge in [0.25, 0.3) is 0 Å². The zero-order valence-electron chi connectivity index (χ0n) is 7.90. The van der Waals surface area contributed by atoms with Crippen molar-refractivity contribution in [1.82, 2.24) is 0 Å². The number of rotatable bonds is 2. The summed E-state index contributed by atoms with van der Waals surface area (Å²) in [6, 6.07) is 9.20. The van der Waals surface area contributed by atoms with Crippen molar-refractivity contribution < 1.29 is 5.11 Å². The fraction of sp³-hybridized carbons (Fsp3) is 0.0909. The maximum absolute atomic E-state index is 9.22. The Morgan fingerprint density at radius 3 is 2.67 bits per heavy atom. The van der Waals surface area contributed by atoms with Crippen LogP contribution in [0.1, 0.15) is 10.4 Å². The number of phenolic OH excluding ortho intramolecular Hbond substituents is 1. The highest BCUT2D eigenvalue weighted by molar-refractivity contribution is 9.11. The second-order valence-electron chi connectivity index (χ2n) is 3.27. The van der Waals surface area contributed by atoms with Crippen molar-refractivity contribution in [2.24, 2.45) is 0 Å². The van der Waals surface area contributed by atoms with Crippen LogP contribution in [0.5, 0.6) is 5.75 Å². The molecular formula is C11H10BrNOS. The van der Waals surface area contributed by atoms with Gasteiger partial charge in [0, 0.05) is 23.1 Å². The summed E-state index contributed by atoms with van der Waals surface area (Å²) in [5, 5.41) is 9.22. The highest BCUT2D eigenvalue weighted by atomic mass is 79.9. The average molecular weight is 284 g/mol. The topological polar surface area (TPSA) is 46.2 Å². The summed E-state index contributed by atoms with van der Waals surface area (Å²) in [5.41, 5.74) is 7.49. The molecule has 4 heteroatoms. The Hall–Kier alpha value is -1.000. The largest absolute Gasteiger partial charge is 0.508 e. The Bertz CT molecular complexity index is 481.